The number of amides is 1. The van der Waals surface area contributed by atoms with E-state index in [4.69, 9.17) is 0 Å². The molecule has 3 rings (SSSR count). The molecule has 1 heterocycles. The second-order valence-electron chi connectivity index (χ2n) is 4.47. The van der Waals surface area contributed by atoms with E-state index >= 15 is 0 Å². The third kappa shape index (κ3) is 2.00. The summed E-state index contributed by atoms with van der Waals surface area (Å²) in [6, 6.07) is 15.8. The van der Waals surface area contributed by atoms with Gasteiger partial charge in [-0.05, 0) is 23.8 Å². The van der Waals surface area contributed by atoms with Gasteiger partial charge in [-0.25, -0.2) is 0 Å². The van der Waals surface area contributed by atoms with E-state index < -0.39 is 0 Å². The first-order valence-electron chi connectivity index (χ1n) is 6.02. The average molecular weight is 314 g/mol. The number of rotatable bonds is 1. The van der Waals surface area contributed by atoms with E-state index in [2.05, 4.69) is 15.9 Å². The summed E-state index contributed by atoms with van der Waals surface area (Å²) >= 11 is 3.54. The van der Waals surface area contributed by atoms with Crippen LogP contribution in [0.1, 0.15) is 11.1 Å². The molecule has 19 heavy (non-hydrogen) atoms. The summed E-state index contributed by atoms with van der Waals surface area (Å²) in [4.78, 5) is 14.0. The van der Waals surface area contributed by atoms with Gasteiger partial charge < -0.3 is 4.90 Å². The molecule has 0 aliphatic carbocycles. The van der Waals surface area contributed by atoms with Crippen LogP contribution in [0.15, 0.2) is 53.0 Å². The van der Waals surface area contributed by atoms with Gasteiger partial charge >= 0.3 is 0 Å². The number of hydrogen-bond donors (Lipinski definition) is 0. The van der Waals surface area contributed by atoms with Crippen LogP contribution < -0.4 is 4.90 Å². The summed E-state index contributed by atoms with van der Waals surface area (Å²) in [5.41, 5.74) is 3.68. The molecule has 0 saturated heterocycles. The van der Waals surface area contributed by atoms with Gasteiger partial charge in [-0.15, -0.1) is 0 Å². The maximum absolute atomic E-state index is 12.4. The number of nitrogens with zero attached hydrogens (tertiary/aromatic N) is 1. The SMILES string of the molecule is CN1C(=O)C(=Cc2ccccc2)c2c(Br)cccc21. The van der Waals surface area contributed by atoms with Crippen molar-refractivity contribution in [1.29, 1.82) is 0 Å². The van der Waals surface area contributed by atoms with Crippen LogP contribution in [-0.4, -0.2) is 13.0 Å². The molecule has 0 bridgehead atoms. The second-order valence-corrected chi connectivity index (χ2v) is 5.32. The second kappa shape index (κ2) is 4.67. The molecule has 2 aromatic rings. The summed E-state index contributed by atoms with van der Waals surface area (Å²) in [6.07, 6.45) is 1.94. The summed E-state index contributed by atoms with van der Waals surface area (Å²) in [7, 11) is 1.80. The van der Waals surface area contributed by atoms with Gasteiger partial charge in [-0.1, -0.05) is 52.3 Å². The minimum absolute atomic E-state index is 0.0331. The van der Waals surface area contributed by atoms with Crippen LogP contribution in [0.4, 0.5) is 5.69 Å². The van der Waals surface area contributed by atoms with Crippen molar-refractivity contribution in [2.45, 2.75) is 0 Å². The minimum atomic E-state index is 0.0331. The largest absolute Gasteiger partial charge is 0.311 e. The van der Waals surface area contributed by atoms with E-state index in [1.54, 1.807) is 11.9 Å². The number of carbonyl (C=O) groups excluding carboxylic acids is 1. The quantitative estimate of drug-likeness (QED) is 0.730. The molecule has 0 unspecified atom stereocenters. The Labute approximate surface area is 120 Å². The summed E-state index contributed by atoms with van der Waals surface area (Å²) in [5.74, 6) is 0.0331. The van der Waals surface area contributed by atoms with Gasteiger partial charge in [-0.3, -0.25) is 4.79 Å². The van der Waals surface area contributed by atoms with E-state index in [1.807, 2.05) is 54.6 Å². The number of carbonyl (C=O) groups is 1. The van der Waals surface area contributed by atoms with Crippen LogP contribution in [0.2, 0.25) is 0 Å². The van der Waals surface area contributed by atoms with Gasteiger partial charge in [0.05, 0.1) is 11.3 Å². The first kappa shape index (κ1) is 12.2. The Hall–Kier alpha value is -1.87. The van der Waals surface area contributed by atoms with Crippen molar-refractivity contribution in [2.75, 3.05) is 11.9 Å². The average Bonchev–Trinajstić information content (AvgIpc) is 2.67. The highest BCUT2D eigenvalue weighted by Gasteiger charge is 2.31. The topological polar surface area (TPSA) is 20.3 Å². The molecule has 2 aromatic carbocycles. The van der Waals surface area contributed by atoms with Gasteiger partial charge in [-0.2, -0.15) is 0 Å². The Morgan fingerprint density at radius 3 is 2.53 bits per heavy atom. The fourth-order valence-corrected chi connectivity index (χ4v) is 2.88. The molecule has 0 spiro atoms. The summed E-state index contributed by atoms with van der Waals surface area (Å²) in [5, 5.41) is 0. The zero-order valence-corrected chi connectivity index (χ0v) is 12.0. The highest BCUT2D eigenvalue weighted by molar-refractivity contribution is 9.10. The molecule has 0 N–H and O–H groups in total. The lowest BCUT2D eigenvalue weighted by molar-refractivity contribution is -0.112. The Balaban J connectivity index is 2.19. The fourth-order valence-electron chi connectivity index (χ4n) is 2.31. The highest BCUT2D eigenvalue weighted by Crippen LogP contribution is 2.41. The molecule has 1 aliphatic rings. The molecule has 3 heteroatoms. The maximum atomic E-state index is 12.4. The molecule has 0 radical (unpaired) electrons. The number of hydrogen-bond acceptors (Lipinski definition) is 1. The molecule has 1 amide bonds. The zero-order chi connectivity index (χ0) is 13.4. The fraction of sp³-hybridized carbons (Fsp3) is 0.0625. The van der Waals surface area contributed by atoms with Gasteiger partial charge in [0, 0.05) is 17.1 Å². The van der Waals surface area contributed by atoms with E-state index in [9.17, 15) is 4.79 Å². The van der Waals surface area contributed by atoms with Crippen molar-refractivity contribution in [3.8, 4) is 0 Å². The Bertz CT molecular complexity index is 676. The summed E-state index contributed by atoms with van der Waals surface area (Å²) in [6.45, 7) is 0. The predicted octanol–water partition coefficient (Wildman–Crippen LogP) is 3.97. The van der Waals surface area contributed by atoms with E-state index in [-0.39, 0.29) is 5.91 Å². The number of fused-ring (bicyclic) bond motifs is 1. The molecule has 0 saturated carbocycles. The first-order valence-corrected chi connectivity index (χ1v) is 6.81. The monoisotopic (exact) mass is 313 g/mol. The van der Waals surface area contributed by atoms with E-state index in [0.29, 0.717) is 0 Å². The molecule has 94 valence electrons. The Morgan fingerprint density at radius 2 is 1.79 bits per heavy atom. The first-order chi connectivity index (χ1) is 9.18. The molecule has 0 fully saturated rings. The smallest absolute Gasteiger partial charge is 0.258 e. The van der Waals surface area contributed by atoms with Crippen molar-refractivity contribution < 1.29 is 4.79 Å². The van der Waals surface area contributed by atoms with Crippen LogP contribution in [0.25, 0.3) is 11.6 Å². The molecule has 2 nitrogen and oxygen atoms in total. The van der Waals surface area contributed by atoms with Crippen LogP contribution >= 0.6 is 15.9 Å². The number of benzene rings is 2. The third-order valence-electron chi connectivity index (χ3n) is 3.27. The van der Waals surface area contributed by atoms with Crippen molar-refractivity contribution in [1.82, 2.24) is 0 Å². The Kier molecular flexibility index (Phi) is 2.99. The minimum Gasteiger partial charge on any atom is -0.311 e. The lowest BCUT2D eigenvalue weighted by Crippen LogP contribution is -2.20. The van der Waals surface area contributed by atoms with Crippen LogP contribution in [-0.2, 0) is 4.79 Å². The number of likely N-dealkylation sites (N-methyl/N-ethyl adjacent to an activating group) is 1. The molecule has 0 aromatic heterocycles. The summed E-state index contributed by atoms with van der Waals surface area (Å²) < 4.78 is 0.949. The lowest BCUT2D eigenvalue weighted by atomic mass is 10.0. The van der Waals surface area contributed by atoms with Gasteiger partial charge in [0.1, 0.15) is 0 Å². The molecular weight excluding hydrogens is 302 g/mol. The van der Waals surface area contributed by atoms with Crippen LogP contribution in [0.5, 0.6) is 0 Å². The van der Waals surface area contributed by atoms with Gasteiger partial charge in [0.2, 0.25) is 0 Å². The van der Waals surface area contributed by atoms with Crippen molar-refractivity contribution in [3.63, 3.8) is 0 Å². The van der Waals surface area contributed by atoms with Crippen molar-refractivity contribution in [3.05, 3.63) is 64.1 Å². The van der Waals surface area contributed by atoms with E-state index in [0.717, 1.165) is 26.9 Å². The van der Waals surface area contributed by atoms with Crippen LogP contribution in [0, 0.1) is 0 Å². The van der Waals surface area contributed by atoms with Gasteiger partial charge in [0.25, 0.3) is 5.91 Å². The zero-order valence-electron chi connectivity index (χ0n) is 10.4. The molecule has 0 atom stereocenters. The number of anilines is 1. The standard InChI is InChI=1S/C16H12BrNO/c1-18-14-9-5-8-13(17)15(14)12(16(18)19)10-11-6-3-2-4-7-11/h2-10H,1H3. The Morgan fingerprint density at radius 1 is 1.05 bits per heavy atom. The lowest BCUT2D eigenvalue weighted by Gasteiger charge is -2.08. The van der Waals surface area contributed by atoms with E-state index in [1.165, 1.54) is 0 Å². The van der Waals surface area contributed by atoms with Crippen molar-refractivity contribution >= 4 is 39.2 Å². The molecular formula is C16H12BrNO. The van der Waals surface area contributed by atoms with Gasteiger partial charge in [0.15, 0.2) is 0 Å². The number of halogens is 1. The predicted molar refractivity (Wildman–Crippen MR) is 81.9 cm³/mol. The maximum Gasteiger partial charge on any atom is 0.258 e. The highest BCUT2D eigenvalue weighted by atomic mass is 79.9. The van der Waals surface area contributed by atoms with Crippen LogP contribution in [0.3, 0.4) is 0 Å². The third-order valence-corrected chi connectivity index (χ3v) is 3.93. The molecule has 1 aliphatic heterocycles. The van der Waals surface area contributed by atoms with Crippen molar-refractivity contribution in [2.24, 2.45) is 0 Å². The normalized spacial score (nSPS) is 16.0.